The molecule has 3 nitrogen and oxygen atoms in total. The summed E-state index contributed by atoms with van der Waals surface area (Å²) in [4.78, 5) is 3.95. The van der Waals surface area contributed by atoms with Gasteiger partial charge in [-0.25, -0.2) is 0 Å². The van der Waals surface area contributed by atoms with Crippen LogP contribution in [0, 0.1) is 0 Å². The fraction of sp³-hybridized carbons (Fsp3) is 0.286. The monoisotopic (exact) mass is 366 g/mol. The smallest absolute Gasteiger partial charge is 0.150 e. The van der Waals surface area contributed by atoms with E-state index >= 15 is 0 Å². The van der Waals surface area contributed by atoms with Gasteiger partial charge in [-0.05, 0) is 31.9 Å². The second kappa shape index (κ2) is 8.73. The molecule has 0 spiro atoms. The predicted molar refractivity (Wildman–Crippen MR) is 68.7 cm³/mol. The van der Waals surface area contributed by atoms with E-state index in [2.05, 4.69) is 36.8 Å². The third-order valence-electron chi connectivity index (χ3n) is 1.17. The molecule has 0 amide bonds. The van der Waals surface area contributed by atoms with Crippen LogP contribution in [0.5, 0.6) is 5.75 Å². The van der Waals surface area contributed by atoms with Crippen molar-refractivity contribution in [1.82, 2.24) is 4.98 Å². The van der Waals surface area contributed by atoms with Crippen LogP contribution in [0.2, 0.25) is 0 Å². The van der Waals surface area contributed by atoms with Crippen molar-refractivity contribution in [3.05, 3.63) is 21.3 Å². The molecule has 0 radical (unpaired) electrons. The average molecular weight is 369 g/mol. The highest BCUT2D eigenvalue weighted by atomic mass is 79.9. The van der Waals surface area contributed by atoms with Gasteiger partial charge in [0.05, 0.1) is 8.95 Å². The highest BCUT2D eigenvalue weighted by Crippen LogP contribution is 2.31. The van der Waals surface area contributed by atoms with E-state index in [-0.39, 0.29) is 24.8 Å². The van der Waals surface area contributed by atoms with Gasteiger partial charge in [-0.3, -0.25) is 4.98 Å². The Balaban J connectivity index is 0. The Labute approximate surface area is 112 Å². The van der Waals surface area contributed by atoms with Crippen LogP contribution in [-0.2, 0) is 0 Å². The summed E-state index contributed by atoms with van der Waals surface area (Å²) in [7, 11) is 0. The van der Waals surface area contributed by atoms with E-state index in [4.69, 9.17) is 10.5 Å². The van der Waals surface area contributed by atoms with Gasteiger partial charge in [0, 0.05) is 18.9 Å². The number of rotatable bonds is 3. The normalized spacial score (nSPS) is 8.50. The predicted octanol–water partition coefficient (Wildman–Crippen LogP) is 2.79. The number of nitrogens with two attached hydrogens (primary N) is 1. The fourth-order valence-corrected chi connectivity index (χ4v) is 1.86. The maximum absolute atomic E-state index is 5.36. The molecule has 0 saturated carbocycles. The Morgan fingerprint density at radius 2 is 1.71 bits per heavy atom. The highest BCUT2D eigenvalue weighted by molar-refractivity contribution is 9.11. The Morgan fingerprint density at radius 3 is 2.14 bits per heavy atom. The number of aromatic nitrogens is 1. The molecule has 0 atom stereocenters. The topological polar surface area (TPSA) is 48.1 Å². The minimum atomic E-state index is 0. The Morgan fingerprint density at radius 1 is 1.21 bits per heavy atom. The third kappa shape index (κ3) is 4.79. The molecular weight excluding hydrogens is 359 g/mol. The van der Waals surface area contributed by atoms with Crippen molar-refractivity contribution < 1.29 is 4.74 Å². The summed E-state index contributed by atoms with van der Waals surface area (Å²) in [6.45, 7) is 1.00. The van der Waals surface area contributed by atoms with E-state index in [0.717, 1.165) is 14.7 Å². The largest absolute Gasteiger partial charge is 0.490 e. The minimum absolute atomic E-state index is 0. The van der Waals surface area contributed by atoms with Crippen LogP contribution in [0.15, 0.2) is 21.3 Å². The zero-order valence-electron chi connectivity index (χ0n) is 7.07. The molecule has 1 rings (SSSR count). The van der Waals surface area contributed by atoms with Gasteiger partial charge < -0.3 is 10.5 Å². The van der Waals surface area contributed by atoms with Gasteiger partial charge in [0.15, 0.2) is 5.75 Å². The van der Waals surface area contributed by atoms with Crippen molar-refractivity contribution >= 4 is 56.7 Å². The molecule has 0 bridgehead atoms. The first-order chi connectivity index (χ1) is 5.75. The van der Waals surface area contributed by atoms with Gasteiger partial charge in [0.1, 0.15) is 6.61 Å². The molecular formula is C7H10Br2Cl2N2O. The van der Waals surface area contributed by atoms with Crippen LogP contribution in [0.1, 0.15) is 0 Å². The van der Waals surface area contributed by atoms with E-state index in [9.17, 15) is 0 Å². The fourth-order valence-electron chi connectivity index (χ4n) is 0.698. The molecule has 1 aromatic rings. The molecule has 0 unspecified atom stereocenters. The van der Waals surface area contributed by atoms with Crippen molar-refractivity contribution in [3.8, 4) is 5.75 Å². The number of pyridine rings is 1. The Kier molecular flexibility index (Phi) is 10.5. The minimum Gasteiger partial charge on any atom is -0.490 e. The van der Waals surface area contributed by atoms with Gasteiger partial charge in [0.25, 0.3) is 0 Å². The molecule has 7 heteroatoms. The van der Waals surface area contributed by atoms with Crippen LogP contribution >= 0.6 is 56.7 Å². The van der Waals surface area contributed by atoms with Crippen molar-refractivity contribution in [3.63, 3.8) is 0 Å². The molecule has 82 valence electrons. The lowest BCUT2D eigenvalue weighted by Gasteiger charge is -2.07. The number of nitrogens with zero attached hydrogens (tertiary/aromatic N) is 1. The molecule has 14 heavy (non-hydrogen) atoms. The lowest BCUT2D eigenvalue weighted by molar-refractivity contribution is 0.324. The van der Waals surface area contributed by atoms with E-state index < -0.39 is 0 Å². The molecule has 1 heterocycles. The second-order valence-electron chi connectivity index (χ2n) is 2.07. The summed E-state index contributed by atoms with van der Waals surface area (Å²) in [6, 6.07) is 0. The number of hydrogen-bond donors (Lipinski definition) is 1. The summed E-state index contributed by atoms with van der Waals surface area (Å²) in [5.41, 5.74) is 5.31. The van der Waals surface area contributed by atoms with E-state index in [0.29, 0.717) is 13.2 Å². The maximum atomic E-state index is 5.36. The van der Waals surface area contributed by atoms with Crippen LogP contribution in [0.4, 0.5) is 0 Å². The van der Waals surface area contributed by atoms with Gasteiger partial charge in [0.2, 0.25) is 0 Å². The highest BCUT2D eigenvalue weighted by Gasteiger charge is 2.05. The Hall–Kier alpha value is 0.450. The molecule has 0 aliphatic heterocycles. The molecule has 0 aliphatic rings. The SMILES string of the molecule is Cl.Cl.NCCOc1c(Br)cncc1Br. The van der Waals surface area contributed by atoms with Crippen LogP contribution in [0.3, 0.4) is 0 Å². The van der Waals surface area contributed by atoms with Gasteiger partial charge in [-0.1, -0.05) is 0 Å². The van der Waals surface area contributed by atoms with Crippen molar-refractivity contribution in [2.24, 2.45) is 5.73 Å². The summed E-state index contributed by atoms with van der Waals surface area (Å²) >= 11 is 6.64. The molecule has 0 aliphatic carbocycles. The molecule has 0 fully saturated rings. The first kappa shape index (κ1) is 16.9. The number of hydrogen-bond acceptors (Lipinski definition) is 3. The zero-order chi connectivity index (χ0) is 8.97. The van der Waals surface area contributed by atoms with Gasteiger partial charge >= 0.3 is 0 Å². The van der Waals surface area contributed by atoms with Crippen LogP contribution < -0.4 is 10.5 Å². The van der Waals surface area contributed by atoms with Crippen molar-refractivity contribution in [2.45, 2.75) is 0 Å². The summed E-state index contributed by atoms with van der Waals surface area (Å²) in [5, 5.41) is 0. The van der Waals surface area contributed by atoms with E-state index in [1.165, 1.54) is 0 Å². The van der Waals surface area contributed by atoms with Gasteiger partial charge in [-0.15, -0.1) is 24.8 Å². The van der Waals surface area contributed by atoms with Crippen LogP contribution in [0.25, 0.3) is 0 Å². The quantitative estimate of drug-likeness (QED) is 0.892. The molecule has 0 aromatic carbocycles. The number of ether oxygens (including phenoxy) is 1. The summed E-state index contributed by atoms with van der Waals surface area (Å²) in [6.07, 6.45) is 3.35. The lowest BCUT2D eigenvalue weighted by Crippen LogP contribution is -2.11. The second-order valence-corrected chi connectivity index (χ2v) is 3.78. The zero-order valence-corrected chi connectivity index (χ0v) is 11.9. The van der Waals surface area contributed by atoms with E-state index in [1.54, 1.807) is 12.4 Å². The van der Waals surface area contributed by atoms with Crippen molar-refractivity contribution in [1.29, 1.82) is 0 Å². The molecule has 2 N–H and O–H groups in total. The summed E-state index contributed by atoms with van der Waals surface area (Å²) < 4.78 is 7.01. The maximum Gasteiger partial charge on any atom is 0.150 e. The van der Waals surface area contributed by atoms with Crippen molar-refractivity contribution in [2.75, 3.05) is 13.2 Å². The molecule has 0 saturated heterocycles. The van der Waals surface area contributed by atoms with E-state index in [1.807, 2.05) is 0 Å². The molecule has 1 aromatic heterocycles. The Bertz CT molecular complexity index is 256. The first-order valence-electron chi connectivity index (χ1n) is 3.37. The number of halogens is 4. The van der Waals surface area contributed by atoms with Crippen LogP contribution in [-0.4, -0.2) is 18.1 Å². The average Bonchev–Trinajstić information content (AvgIpc) is 2.04. The third-order valence-corrected chi connectivity index (χ3v) is 2.30. The standard InChI is InChI=1S/C7H8Br2N2O.2ClH/c8-5-3-11-4-6(9)7(5)12-2-1-10;;/h3-4H,1-2,10H2;2*1H. The van der Waals surface area contributed by atoms with Gasteiger partial charge in [-0.2, -0.15) is 0 Å². The lowest BCUT2D eigenvalue weighted by atomic mass is 10.4. The first-order valence-corrected chi connectivity index (χ1v) is 4.96. The summed E-state index contributed by atoms with van der Waals surface area (Å²) in [5.74, 6) is 0.746.